The van der Waals surface area contributed by atoms with Crippen LogP contribution in [-0.4, -0.2) is 47.3 Å². The molecule has 8 nitrogen and oxygen atoms in total. The summed E-state index contributed by atoms with van der Waals surface area (Å²) >= 11 is 0. The van der Waals surface area contributed by atoms with Crippen LogP contribution in [0.15, 0.2) is 36.4 Å². The van der Waals surface area contributed by atoms with Crippen molar-refractivity contribution in [2.24, 2.45) is 0 Å². The van der Waals surface area contributed by atoms with E-state index in [2.05, 4.69) is 0 Å². The van der Waals surface area contributed by atoms with E-state index >= 15 is 0 Å². The fraction of sp³-hybridized carbons (Fsp3) is 0.333. The third-order valence-corrected chi connectivity index (χ3v) is 4.74. The molecule has 2 aromatic rings. The number of ether oxygens (including phenoxy) is 2. The molecule has 0 bridgehead atoms. The Bertz CT molecular complexity index is 1010. The molecule has 0 atom stereocenters. The monoisotopic (exact) mass is 442 g/mol. The fourth-order valence-electron chi connectivity index (χ4n) is 2.93. The highest BCUT2D eigenvalue weighted by Crippen LogP contribution is 2.26. The van der Waals surface area contributed by atoms with Crippen molar-refractivity contribution in [1.82, 2.24) is 0 Å². The van der Waals surface area contributed by atoms with Crippen LogP contribution >= 0.6 is 0 Å². The van der Waals surface area contributed by atoms with Crippen LogP contribution < -0.4 is 0 Å². The minimum absolute atomic E-state index is 0.0845. The van der Waals surface area contributed by atoms with Gasteiger partial charge in [-0.3, -0.25) is 0 Å². The summed E-state index contributed by atoms with van der Waals surface area (Å²) in [5.41, 5.74) is 0.117. The smallest absolute Gasteiger partial charge is 0.339 e. The molecule has 0 fully saturated rings. The molecule has 0 saturated carbocycles. The van der Waals surface area contributed by atoms with Gasteiger partial charge in [0.1, 0.15) is 0 Å². The molecular formula is C24H26O8. The molecule has 8 heteroatoms. The van der Waals surface area contributed by atoms with E-state index in [1.807, 2.05) is 13.8 Å². The van der Waals surface area contributed by atoms with E-state index < -0.39 is 23.9 Å². The standard InChI is InChI=1S/C24H26O8/c1-3-5-11-31-23(29)18-10-8-15(13-19(18)22(27)28)16-7-9-17(21(25)26)20(14-16)24(30)32-12-6-4-2/h7-10,13-14H,3-6,11-12H2,1-2H3,(H,25,26)(H,27,28). The van der Waals surface area contributed by atoms with Crippen LogP contribution in [0.1, 0.15) is 81.0 Å². The van der Waals surface area contributed by atoms with E-state index in [1.165, 1.54) is 36.4 Å². The largest absolute Gasteiger partial charge is 0.478 e. The van der Waals surface area contributed by atoms with Gasteiger partial charge in [0.05, 0.1) is 35.5 Å². The topological polar surface area (TPSA) is 127 Å². The Morgan fingerprint density at radius 3 is 1.56 bits per heavy atom. The van der Waals surface area contributed by atoms with Crippen molar-refractivity contribution in [3.05, 3.63) is 58.7 Å². The Morgan fingerprint density at radius 1 is 0.656 bits per heavy atom. The van der Waals surface area contributed by atoms with Crippen molar-refractivity contribution >= 4 is 23.9 Å². The minimum Gasteiger partial charge on any atom is -0.478 e. The van der Waals surface area contributed by atoms with Crippen molar-refractivity contribution in [1.29, 1.82) is 0 Å². The van der Waals surface area contributed by atoms with Crippen LogP contribution in [0.25, 0.3) is 11.1 Å². The fourth-order valence-corrected chi connectivity index (χ4v) is 2.93. The van der Waals surface area contributed by atoms with E-state index in [4.69, 9.17) is 9.47 Å². The maximum Gasteiger partial charge on any atom is 0.339 e. The lowest BCUT2D eigenvalue weighted by Crippen LogP contribution is -2.13. The molecule has 0 unspecified atom stereocenters. The molecule has 0 aliphatic carbocycles. The van der Waals surface area contributed by atoms with E-state index in [0.29, 0.717) is 24.0 Å². The Labute approximate surface area is 185 Å². The summed E-state index contributed by atoms with van der Waals surface area (Å²) in [6.07, 6.45) is 2.95. The SMILES string of the molecule is CCCCOC(=O)c1ccc(-c2ccc(C(=O)O)c(C(=O)OCCCC)c2)cc1C(=O)O. The summed E-state index contributed by atoms with van der Waals surface area (Å²) in [5, 5.41) is 19.0. The number of aromatic carboxylic acids is 2. The molecule has 0 saturated heterocycles. The molecule has 0 radical (unpaired) electrons. The van der Waals surface area contributed by atoms with Crippen molar-refractivity contribution < 1.29 is 38.9 Å². The normalized spacial score (nSPS) is 10.4. The number of benzene rings is 2. The Balaban J connectivity index is 2.43. The highest BCUT2D eigenvalue weighted by atomic mass is 16.5. The minimum atomic E-state index is -1.31. The number of unbranched alkanes of at least 4 members (excludes halogenated alkanes) is 2. The second-order valence-electron chi connectivity index (χ2n) is 7.11. The molecule has 0 aromatic heterocycles. The Morgan fingerprint density at radius 2 is 1.09 bits per heavy atom. The number of hydrogen-bond donors (Lipinski definition) is 2. The van der Waals surface area contributed by atoms with E-state index in [0.717, 1.165) is 12.8 Å². The van der Waals surface area contributed by atoms with Gasteiger partial charge in [0.15, 0.2) is 0 Å². The lowest BCUT2D eigenvalue weighted by Gasteiger charge is -2.12. The first-order valence-corrected chi connectivity index (χ1v) is 10.4. The maximum absolute atomic E-state index is 12.4. The average Bonchev–Trinajstić information content (AvgIpc) is 2.78. The lowest BCUT2D eigenvalue weighted by molar-refractivity contribution is 0.0484. The van der Waals surface area contributed by atoms with Crippen LogP contribution in [0.5, 0.6) is 0 Å². The Hall–Kier alpha value is -3.68. The summed E-state index contributed by atoms with van der Waals surface area (Å²) in [4.78, 5) is 48.0. The number of carbonyl (C=O) groups excluding carboxylic acids is 2. The van der Waals surface area contributed by atoms with Gasteiger partial charge in [-0.15, -0.1) is 0 Å². The lowest BCUT2D eigenvalue weighted by atomic mass is 9.96. The first-order valence-electron chi connectivity index (χ1n) is 10.4. The third-order valence-electron chi connectivity index (χ3n) is 4.74. The summed E-state index contributed by atoms with van der Waals surface area (Å²) < 4.78 is 10.3. The molecule has 32 heavy (non-hydrogen) atoms. The van der Waals surface area contributed by atoms with Crippen molar-refractivity contribution in [3.63, 3.8) is 0 Å². The van der Waals surface area contributed by atoms with Gasteiger partial charge < -0.3 is 19.7 Å². The van der Waals surface area contributed by atoms with Gasteiger partial charge in [-0.2, -0.15) is 0 Å². The maximum atomic E-state index is 12.4. The van der Waals surface area contributed by atoms with Gasteiger partial charge in [0.25, 0.3) is 0 Å². The summed E-state index contributed by atoms with van der Waals surface area (Å²) in [7, 11) is 0. The van der Waals surface area contributed by atoms with Crippen LogP contribution in [0, 0.1) is 0 Å². The summed E-state index contributed by atoms with van der Waals surface area (Å²) in [6.45, 7) is 4.22. The van der Waals surface area contributed by atoms with Crippen molar-refractivity contribution in [2.75, 3.05) is 13.2 Å². The molecular weight excluding hydrogens is 416 g/mol. The first-order chi connectivity index (χ1) is 15.3. The highest BCUT2D eigenvalue weighted by Gasteiger charge is 2.22. The van der Waals surface area contributed by atoms with Crippen LogP contribution in [-0.2, 0) is 9.47 Å². The van der Waals surface area contributed by atoms with E-state index in [1.54, 1.807) is 0 Å². The molecule has 2 aromatic carbocycles. The van der Waals surface area contributed by atoms with E-state index in [-0.39, 0.29) is 35.5 Å². The third kappa shape index (κ3) is 6.16. The number of esters is 2. The molecule has 2 N–H and O–H groups in total. The molecule has 2 rings (SSSR count). The zero-order chi connectivity index (χ0) is 23.7. The first kappa shape index (κ1) is 24.6. The van der Waals surface area contributed by atoms with Gasteiger partial charge in [-0.05, 0) is 48.2 Å². The molecule has 0 aliphatic heterocycles. The Kier molecular flexibility index (Phi) is 8.95. The molecule has 0 spiro atoms. The molecule has 0 amide bonds. The number of carboxylic acid groups (broad SMARTS) is 2. The average molecular weight is 442 g/mol. The predicted molar refractivity (Wildman–Crippen MR) is 116 cm³/mol. The van der Waals surface area contributed by atoms with E-state index in [9.17, 15) is 29.4 Å². The van der Waals surface area contributed by atoms with Crippen LogP contribution in [0.3, 0.4) is 0 Å². The number of carbonyl (C=O) groups is 4. The van der Waals surface area contributed by atoms with Crippen molar-refractivity contribution in [2.45, 2.75) is 39.5 Å². The van der Waals surface area contributed by atoms with Gasteiger partial charge in [0, 0.05) is 0 Å². The summed E-state index contributed by atoms with van der Waals surface area (Å²) in [5.74, 6) is -4.10. The molecule has 170 valence electrons. The van der Waals surface area contributed by atoms with Crippen molar-refractivity contribution in [3.8, 4) is 11.1 Å². The van der Waals surface area contributed by atoms with Gasteiger partial charge in [0.2, 0.25) is 0 Å². The van der Waals surface area contributed by atoms with Gasteiger partial charge >= 0.3 is 23.9 Å². The van der Waals surface area contributed by atoms with Gasteiger partial charge in [-0.1, -0.05) is 38.8 Å². The molecule has 0 heterocycles. The predicted octanol–water partition coefficient (Wildman–Crippen LogP) is 4.66. The number of hydrogen-bond acceptors (Lipinski definition) is 6. The van der Waals surface area contributed by atoms with Crippen LogP contribution in [0.2, 0.25) is 0 Å². The number of rotatable bonds is 11. The van der Waals surface area contributed by atoms with Crippen LogP contribution in [0.4, 0.5) is 0 Å². The second kappa shape index (κ2) is 11.6. The zero-order valence-electron chi connectivity index (χ0n) is 18.1. The zero-order valence-corrected chi connectivity index (χ0v) is 18.1. The quantitative estimate of drug-likeness (QED) is 0.380. The second-order valence-corrected chi connectivity index (χ2v) is 7.11. The summed E-state index contributed by atoms with van der Waals surface area (Å²) in [6, 6.07) is 8.23. The highest BCUT2D eigenvalue weighted by molar-refractivity contribution is 6.05. The number of carboxylic acids is 2. The molecule has 0 aliphatic rings. The van der Waals surface area contributed by atoms with Gasteiger partial charge in [-0.25, -0.2) is 19.2 Å².